The van der Waals surface area contributed by atoms with Crippen molar-refractivity contribution in [1.82, 2.24) is 24.6 Å². The number of hydrogen-bond donors (Lipinski definition) is 2. The number of aromatic nitrogens is 4. The second-order valence-electron chi connectivity index (χ2n) is 11.4. The van der Waals surface area contributed by atoms with E-state index in [1.54, 1.807) is 41.2 Å². The summed E-state index contributed by atoms with van der Waals surface area (Å²) in [6.45, 7) is 8.70. The number of rotatable bonds is 20. The summed E-state index contributed by atoms with van der Waals surface area (Å²) in [5.41, 5.74) is 6.86. The van der Waals surface area contributed by atoms with Gasteiger partial charge in [0, 0.05) is 7.11 Å². The summed E-state index contributed by atoms with van der Waals surface area (Å²) in [7, 11) is -2.52. The molecule has 3 N–H and O–H groups in total. The van der Waals surface area contributed by atoms with Crippen LogP contribution in [0.15, 0.2) is 43.0 Å². The van der Waals surface area contributed by atoms with Gasteiger partial charge in [0.25, 0.3) is 0 Å². The summed E-state index contributed by atoms with van der Waals surface area (Å²) in [5.74, 6) is -0.245. The molecule has 1 aromatic carbocycles. The van der Waals surface area contributed by atoms with Gasteiger partial charge in [-0.2, -0.15) is 0 Å². The molecular weight excluding hydrogens is 603 g/mol. The molecule has 0 fully saturated rings. The van der Waals surface area contributed by atoms with Gasteiger partial charge in [0.15, 0.2) is 11.5 Å². The van der Waals surface area contributed by atoms with Gasteiger partial charge in [-0.25, -0.2) is 20.0 Å². The first-order valence-electron chi connectivity index (χ1n) is 14.9. The third-order valence-corrected chi connectivity index (χ3v) is 8.26. The number of carbonyl (C=O) groups is 2. The van der Waals surface area contributed by atoms with E-state index in [0.717, 1.165) is 0 Å². The minimum atomic E-state index is -4.03. The van der Waals surface area contributed by atoms with Crippen molar-refractivity contribution in [3.8, 4) is 5.75 Å². The fourth-order valence-corrected chi connectivity index (χ4v) is 5.81. The van der Waals surface area contributed by atoms with Gasteiger partial charge in [0.2, 0.25) is 0 Å². The fraction of sp³-hybridized carbons (Fsp3) is 0.567. The number of benzene rings is 1. The average molecular weight is 649 g/mol. The number of hydrogen-bond acceptors (Lipinski definition) is 12. The van der Waals surface area contributed by atoms with Gasteiger partial charge < -0.3 is 33.8 Å². The molecule has 0 bridgehead atoms. The van der Waals surface area contributed by atoms with Crippen molar-refractivity contribution < 1.29 is 37.6 Å². The molecule has 3 rings (SSSR count). The monoisotopic (exact) mass is 648 g/mol. The Morgan fingerprint density at radius 3 is 2.36 bits per heavy atom. The van der Waals surface area contributed by atoms with Crippen molar-refractivity contribution in [3.63, 3.8) is 0 Å². The fourth-order valence-electron chi connectivity index (χ4n) is 4.09. The number of anilines is 1. The molecule has 0 aliphatic heterocycles. The van der Waals surface area contributed by atoms with Crippen LogP contribution in [0.3, 0.4) is 0 Å². The highest BCUT2D eigenvalue weighted by Crippen LogP contribution is 2.44. The zero-order chi connectivity index (χ0) is 32.8. The van der Waals surface area contributed by atoms with Gasteiger partial charge in [-0.15, -0.1) is 0 Å². The number of methoxy groups -OCH3 is 1. The number of imidazole rings is 1. The first-order valence-corrected chi connectivity index (χ1v) is 16.8. The standard InChI is InChI=1S/C30H45N6O8P/c1-21(2)11-13-41-26(37)15-25(30(38)42-14-12-22(3)4)35-45(39,44-23-9-7-6-8-10-23)20-43-24(17-40-5)16-36-19-34-27-28(31)32-18-33-29(27)36/h6-10,18-19,21-22,24-25H,11-17,20H2,1-5H3,(H,35,39)(H2,31,32,33)/t24-,25+,45?/m1/s1. The Morgan fingerprint density at radius 1 is 1.00 bits per heavy atom. The van der Waals surface area contributed by atoms with Crippen molar-refractivity contribution in [2.75, 3.05) is 39.0 Å². The molecule has 2 heterocycles. The molecule has 2 aromatic heterocycles. The molecule has 3 atom stereocenters. The molecule has 0 aliphatic rings. The maximum absolute atomic E-state index is 14.4. The molecule has 0 aliphatic carbocycles. The first kappa shape index (κ1) is 35.9. The molecule has 0 saturated carbocycles. The van der Waals surface area contributed by atoms with E-state index in [0.29, 0.717) is 35.8 Å². The number of ether oxygens (including phenoxy) is 4. The van der Waals surface area contributed by atoms with Crippen LogP contribution in [0.5, 0.6) is 5.75 Å². The van der Waals surface area contributed by atoms with Gasteiger partial charge in [0.05, 0.1) is 45.2 Å². The van der Waals surface area contributed by atoms with Crippen LogP contribution >= 0.6 is 7.52 Å². The maximum atomic E-state index is 14.4. The predicted octanol–water partition coefficient (Wildman–Crippen LogP) is 4.20. The number of esters is 2. The highest BCUT2D eigenvalue weighted by atomic mass is 31.2. The van der Waals surface area contributed by atoms with Crippen LogP contribution in [0.2, 0.25) is 0 Å². The van der Waals surface area contributed by atoms with E-state index >= 15 is 0 Å². The normalized spacial score (nSPS) is 14.3. The number of fused-ring (bicyclic) bond motifs is 1. The third-order valence-electron chi connectivity index (χ3n) is 6.56. The van der Waals surface area contributed by atoms with Crippen molar-refractivity contribution in [2.45, 2.75) is 65.6 Å². The minimum absolute atomic E-state index is 0.119. The lowest BCUT2D eigenvalue weighted by atomic mass is 10.1. The third kappa shape index (κ3) is 12.0. The van der Waals surface area contributed by atoms with Crippen LogP contribution in [0.1, 0.15) is 47.0 Å². The van der Waals surface area contributed by atoms with E-state index in [2.05, 4.69) is 20.0 Å². The number of nitrogens with one attached hydrogen (secondary N) is 1. The lowest BCUT2D eigenvalue weighted by molar-refractivity contribution is -0.152. The molecule has 248 valence electrons. The number of carbonyl (C=O) groups excluding carboxylic acids is 2. The molecule has 0 spiro atoms. The Labute approximate surface area is 263 Å². The van der Waals surface area contributed by atoms with E-state index in [1.807, 2.05) is 27.7 Å². The van der Waals surface area contributed by atoms with Crippen molar-refractivity contribution >= 4 is 36.4 Å². The van der Waals surface area contributed by atoms with Gasteiger partial charge in [-0.1, -0.05) is 45.9 Å². The molecule has 15 heteroatoms. The molecular formula is C30H45N6O8P. The van der Waals surface area contributed by atoms with Gasteiger partial charge in [-0.05, 0) is 36.8 Å². The van der Waals surface area contributed by atoms with Gasteiger partial charge in [0.1, 0.15) is 30.0 Å². The Morgan fingerprint density at radius 2 is 1.69 bits per heavy atom. The highest BCUT2D eigenvalue weighted by Gasteiger charge is 2.36. The van der Waals surface area contributed by atoms with Gasteiger partial charge >= 0.3 is 19.5 Å². The van der Waals surface area contributed by atoms with Crippen LogP contribution in [-0.2, 0) is 39.6 Å². The Balaban J connectivity index is 1.82. The summed E-state index contributed by atoms with van der Waals surface area (Å²) < 4.78 is 44.3. The van der Waals surface area contributed by atoms with Crippen molar-refractivity contribution in [2.24, 2.45) is 11.8 Å². The van der Waals surface area contributed by atoms with Crippen LogP contribution < -0.4 is 15.3 Å². The summed E-state index contributed by atoms with van der Waals surface area (Å²) in [4.78, 5) is 38.5. The number of nitrogens with two attached hydrogens (primary N) is 1. The smallest absolute Gasteiger partial charge is 0.342 e. The quantitative estimate of drug-likeness (QED) is 0.132. The van der Waals surface area contributed by atoms with Gasteiger partial charge in [-0.3, -0.25) is 14.2 Å². The van der Waals surface area contributed by atoms with Crippen LogP contribution in [0, 0.1) is 11.8 Å². The zero-order valence-corrected chi connectivity index (χ0v) is 27.5. The van der Waals surface area contributed by atoms with Crippen LogP contribution in [0.25, 0.3) is 11.2 Å². The van der Waals surface area contributed by atoms with E-state index in [4.69, 9.17) is 29.2 Å². The van der Waals surface area contributed by atoms with E-state index in [1.165, 1.54) is 13.4 Å². The predicted molar refractivity (Wildman–Crippen MR) is 168 cm³/mol. The molecule has 0 amide bonds. The van der Waals surface area contributed by atoms with E-state index in [-0.39, 0.29) is 37.9 Å². The van der Waals surface area contributed by atoms with Crippen molar-refractivity contribution in [1.29, 1.82) is 0 Å². The van der Waals surface area contributed by atoms with Crippen LogP contribution in [-0.4, -0.2) is 76.9 Å². The maximum Gasteiger partial charge on any atom is 0.342 e. The lowest BCUT2D eigenvalue weighted by Gasteiger charge is -2.27. The highest BCUT2D eigenvalue weighted by molar-refractivity contribution is 7.57. The Hall–Kier alpha value is -3.58. The second-order valence-corrected chi connectivity index (χ2v) is 13.5. The molecule has 45 heavy (non-hydrogen) atoms. The molecule has 0 saturated heterocycles. The Kier molecular flexibility index (Phi) is 14.2. The molecule has 14 nitrogen and oxygen atoms in total. The second kappa shape index (κ2) is 17.8. The number of nitrogens with zero attached hydrogens (tertiary/aromatic N) is 4. The summed E-state index contributed by atoms with van der Waals surface area (Å²) in [6, 6.07) is 7.15. The van der Waals surface area contributed by atoms with Crippen LogP contribution in [0.4, 0.5) is 5.82 Å². The summed E-state index contributed by atoms with van der Waals surface area (Å²) in [5, 5.41) is 2.78. The van der Waals surface area contributed by atoms with E-state index in [9.17, 15) is 14.2 Å². The average Bonchev–Trinajstić information content (AvgIpc) is 3.39. The van der Waals surface area contributed by atoms with E-state index < -0.39 is 44.4 Å². The first-order chi connectivity index (χ1) is 21.5. The molecule has 3 aromatic rings. The number of nitrogen functional groups attached to an aromatic ring is 1. The molecule has 0 radical (unpaired) electrons. The molecule has 1 unspecified atom stereocenters. The minimum Gasteiger partial charge on any atom is -0.466 e. The topological polar surface area (TPSA) is 179 Å². The largest absolute Gasteiger partial charge is 0.466 e. The number of para-hydroxylation sites is 1. The summed E-state index contributed by atoms with van der Waals surface area (Å²) in [6.07, 6.45) is 2.64. The zero-order valence-electron chi connectivity index (χ0n) is 26.6. The Bertz CT molecular complexity index is 1400. The lowest BCUT2D eigenvalue weighted by Crippen LogP contribution is -2.40. The van der Waals surface area contributed by atoms with Crippen molar-refractivity contribution in [3.05, 3.63) is 43.0 Å². The summed E-state index contributed by atoms with van der Waals surface area (Å²) >= 11 is 0. The SMILES string of the molecule is COC[C@@H](Cn1cnc2c(N)ncnc21)OCP(=O)(N[C@@H](CC(=O)OCCC(C)C)C(=O)OCCC(C)C)Oc1ccccc1.